The number of hydrogen-bond acceptors (Lipinski definition) is 5. The SMILES string of the molecule is COCCNc1ccc2nc(Cc3ccccc3)n(-c3ccc(C(O)(C(F)(F)F)C(F)(F)F)cc3)c(=O)c2c1. The molecule has 0 radical (unpaired) electrons. The minimum Gasteiger partial charge on any atom is -0.383 e. The third-order valence-electron chi connectivity index (χ3n) is 6.14. The summed E-state index contributed by atoms with van der Waals surface area (Å²) in [5.74, 6) is 0.216. The molecule has 0 fully saturated rings. The molecule has 12 heteroatoms. The lowest BCUT2D eigenvalue weighted by atomic mass is 9.92. The molecule has 0 unspecified atom stereocenters. The van der Waals surface area contributed by atoms with Crippen molar-refractivity contribution in [1.82, 2.24) is 9.55 Å². The first-order valence-electron chi connectivity index (χ1n) is 11.7. The maximum Gasteiger partial charge on any atom is 0.430 e. The number of nitrogens with zero attached hydrogens (tertiary/aromatic N) is 2. The zero-order valence-electron chi connectivity index (χ0n) is 20.5. The highest BCUT2D eigenvalue weighted by Crippen LogP contribution is 2.50. The van der Waals surface area contributed by atoms with E-state index < -0.39 is 29.1 Å². The summed E-state index contributed by atoms with van der Waals surface area (Å²) in [6.07, 6.45) is -11.9. The summed E-state index contributed by atoms with van der Waals surface area (Å²) in [7, 11) is 1.54. The van der Waals surface area contributed by atoms with E-state index in [9.17, 15) is 36.2 Å². The Kier molecular flexibility index (Phi) is 7.71. The Bertz CT molecular complexity index is 1490. The summed E-state index contributed by atoms with van der Waals surface area (Å²) >= 11 is 0. The van der Waals surface area contributed by atoms with E-state index in [-0.39, 0.29) is 23.3 Å². The number of fused-ring (bicyclic) bond motifs is 1. The number of aliphatic hydroxyl groups is 1. The summed E-state index contributed by atoms with van der Waals surface area (Å²) < 4.78 is 86.3. The van der Waals surface area contributed by atoms with Gasteiger partial charge in [-0.2, -0.15) is 26.3 Å². The fraction of sp³-hybridized carbons (Fsp3) is 0.259. The van der Waals surface area contributed by atoms with Gasteiger partial charge in [0, 0.05) is 31.3 Å². The lowest BCUT2D eigenvalue weighted by Gasteiger charge is -2.32. The van der Waals surface area contributed by atoms with Gasteiger partial charge in [-0.15, -0.1) is 0 Å². The molecule has 0 saturated carbocycles. The van der Waals surface area contributed by atoms with E-state index in [1.54, 1.807) is 48.5 Å². The molecule has 0 saturated heterocycles. The van der Waals surface area contributed by atoms with Crippen LogP contribution in [0.4, 0.5) is 32.0 Å². The number of ether oxygens (including phenoxy) is 1. The zero-order chi connectivity index (χ0) is 28.4. The first-order valence-corrected chi connectivity index (χ1v) is 11.7. The van der Waals surface area contributed by atoms with Gasteiger partial charge in [-0.3, -0.25) is 9.36 Å². The van der Waals surface area contributed by atoms with Crippen molar-refractivity contribution in [2.24, 2.45) is 0 Å². The van der Waals surface area contributed by atoms with Crippen LogP contribution in [-0.2, 0) is 16.8 Å². The van der Waals surface area contributed by atoms with Gasteiger partial charge < -0.3 is 15.2 Å². The molecule has 39 heavy (non-hydrogen) atoms. The molecule has 0 bridgehead atoms. The Balaban J connectivity index is 1.87. The van der Waals surface area contributed by atoms with Crippen molar-refractivity contribution in [3.8, 4) is 5.69 Å². The lowest BCUT2D eigenvalue weighted by Crippen LogP contribution is -2.53. The number of halogens is 6. The monoisotopic (exact) mass is 551 g/mol. The van der Waals surface area contributed by atoms with Crippen LogP contribution in [0, 0.1) is 0 Å². The molecular formula is C27H23F6N3O3. The Labute approximate surface area is 218 Å². The third kappa shape index (κ3) is 5.48. The number of rotatable bonds is 8. The average Bonchev–Trinajstić information content (AvgIpc) is 2.88. The van der Waals surface area contributed by atoms with E-state index in [0.717, 1.165) is 22.3 Å². The third-order valence-corrected chi connectivity index (χ3v) is 6.14. The maximum atomic E-state index is 13.7. The molecule has 0 amide bonds. The minimum atomic E-state index is -6.03. The number of alkyl halides is 6. The molecule has 2 N–H and O–H groups in total. The Morgan fingerprint density at radius 1 is 0.923 bits per heavy atom. The molecule has 0 spiro atoms. The normalized spacial score (nSPS) is 12.6. The molecule has 4 aromatic rings. The predicted molar refractivity (Wildman–Crippen MR) is 133 cm³/mol. The van der Waals surface area contributed by atoms with Crippen LogP contribution >= 0.6 is 0 Å². The zero-order valence-corrected chi connectivity index (χ0v) is 20.5. The van der Waals surface area contributed by atoms with Gasteiger partial charge in [-0.25, -0.2) is 4.98 Å². The van der Waals surface area contributed by atoms with Crippen LogP contribution in [0.25, 0.3) is 16.6 Å². The molecule has 6 nitrogen and oxygen atoms in total. The van der Waals surface area contributed by atoms with Gasteiger partial charge in [-0.05, 0) is 35.9 Å². The Morgan fingerprint density at radius 3 is 2.15 bits per heavy atom. The van der Waals surface area contributed by atoms with Crippen molar-refractivity contribution >= 4 is 16.6 Å². The number of nitrogens with one attached hydrogen (secondary N) is 1. The highest BCUT2D eigenvalue weighted by molar-refractivity contribution is 5.82. The lowest BCUT2D eigenvalue weighted by molar-refractivity contribution is -0.376. The molecule has 0 atom stereocenters. The number of benzene rings is 3. The molecule has 206 valence electrons. The maximum absolute atomic E-state index is 13.7. The van der Waals surface area contributed by atoms with Crippen molar-refractivity contribution in [3.05, 3.63) is 100 Å². The summed E-state index contributed by atoms with van der Waals surface area (Å²) in [4.78, 5) is 18.3. The summed E-state index contributed by atoms with van der Waals surface area (Å²) in [6.45, 7) is 0.865. The molecule has 1 heterocycles. The quantitative estimate of drug-likeness (QED) is 0.228. The van der Waals surface area contributed by atoms with Crippen molar-refractivity contribution in [2.45, 2.75) is 24.4 Å². The van der Waals surface area contributed by atoms with Gasteiger partial charge in [0.2, 0.25) is 0 Å². The van der Waals surface area contributed by atoms with Crippen LogP contribution in [0.3, 0.4) is 0 Å². The van der Waals surface area contributed by atoms with Gasteiger partial charge in [0.15, 0.2) is 0 Å². The number of aromatic nitrogens is 2. The average molecular weight is 551 g/mol. The van der Waals surface area contributed by atoms with Crippen LogP contribution in [0.2, 0.25) is 0 Å². The van der Waals surface area contributed by atoms with Gasteiger partial charge in [0.1, 0.15) is 5.82 Å². The van der Waals surface area contributed by atoms with E-state index in [0.29, 0.717) is 36.5 Å². The molecule has 0 aliphatic carbocycles. The summed E-state index contributed by atoms with van der Waals surface area (Å²) in [5, 5.41) is 13.0. The Morgan fingerprint density at radius 2 is 1.56 bits per heavy atom. The fourth-order valence-electron chi connectivity index (χ4n) is 4.14. The first kappa shape index (κ1) is 28.1. The van der Waals surface area contributed by atoms with Crippen molar-refractivity contribution in [1.29, 1.82) is 0 Å². The highest BCUT2D eigenvalue weighted by atomic mass is 19.4. The highest BCUT2D eigenvalue weighted by Gasteiger charge is 2.71. The molecule has 3 aromatic carbocycles. The van der Waals surface area contributed by atoms with Crippen LogP contribution in [-0.4, -0.2) is 47.3 Å². The number of anilines is 1. The fourth-order valence-corrected chi connectivity index (χ4v) is 4.14. The second kappa shape index (κ2) is 10.7. The molecule has 1 aromatic heterocycles. The van der Waals surface area contributed by atoms with E-state index in [4.69, 9.17) is 4.74 Å². The van der Waals surface area contributed by atoms with Crippen LogP contribution in [0.5, 0.6) is 0 Å². The summed E-state index contributed by atoms with van der Waals surface area (Å²) in [5.41, 5.74) is -5.38. The van der Waals surface area contributed by atoms with Crippen molar-refractivity contribution in [3.63, 3.8) is 0 Å². The summed E-state index contributed by atoms with van der Waals surface area (Å²) in [6, 6.07) is 16.7. The van der Waals surface area contributed by atoms with E-state index >= 15 is 0 Å². The topological polar surface area (TPSA) is 76.4 Å². The van der Waals surface area contributed by atoms with E-state index in [1.165, 1.54) is 7.11 Å². The van der Waals surface area contributed by atoms with Gasteiger partial charge >= 0.3 is 12.4 Å². The smallest absolute Gasteiger partial charge is 0.383 e. The van der Waals surface area contributed by atoms with Gasteiger partial charge in [0.05, 0.1) is 23.2 Å². The molecule has 0 aliphatic heterocycles. The van der Waals surface area contributed by atoms with E-state index in [1.807, 2.05) is 0 Å². The van der Waals surface area contributed by atoms with Crippen molar-refractivity contribution < 1.29 is 36.2 Å². The second-order valence-electron chi connectivity index (χ2n) is 8.74. The van der Waals surface area contributed by atoms with Gasteiger partial charge in [0.25, 0.3) is 11.2 Å². The molecule has 0 aliphatic rings. The number of methoxy groups -OCH3 is 1. The molecular weight excluding hydrogens is 528 g/mol. The van der Waals surface area contributed by atoms with Crippen LogP contribution in [0.15, 0.2) is 77.6 Å². The largest absolute Gasteiger partial charge is 0.430 e. The van der Waals surface area contributed by atoms with Gasteiger partial charge in [-0.1, -0.05) is 42.5 Å². The van der Waals surface area contributed by atoms with Crippen LogP contribution < -0.4 is 10.9 Å². The second-order valence-corrected chi connectivity index (χ2v) is 8.74. The van der Waals surface area contributed by atoms with Crippen LogP contribution in [0.1, 0.15) is 17.0 Å². The molecule has 4 rings (SSSR count). The predicted octanol–water partition coefficient (Wildman–Crippen LogP) is 5.35. The minimum absolute atomic E-state index is 0.0199. The van der Waals surface area contributed by atoms with E-state index in [2.05, 4.69) is 10.3 Å². The standard InChI is InChI=1S/C27H23F6N3O3/c1-39-14-13-34-19-9-12-22-21(16-19)24(37)36(23(35-22)15-17-5-3-2-4-6-17)20-10-7-18(8-11-20)25(38,26(28,29)30)27(31,32)33/h2-12,16,34,38H,13-15H2,1H3. The first-order chi connectivity index (χ1) is 18.4. The Hall–Kier alpha value is -3.90. The number of hydrogen-bond donors (Lipinski definition) is 2. The van der Waals surface area contributed by atoms with Crippen molar-refractivity contribution in [2.75, 3.05) is 25.6 Å².